The number of likely N-dealkylation sites (tertiary alicyclic amines) is 1. The van der Waals surface area contributed by atoms with E-state index in [0.29, 0.717) is 5.92 Å². The molecular formula is C17H22N8O. The third kappa shape index (κ3) is 2.92. The molecule has 0 unspecified atom stereocenters. The van der Waals surface area contributed by atoms with Crippen molar-refractivity contribution in [3.63, 3.8) is 0 Å². The molecule has 3 aromatic rings. The largest absolute Gasteiger partial charge is 0.355 e. The number of hydrogen-bond acceptors (Lipinski definition) is 8. The maximum Gasteiger partial charge on any atom is 0.178 e. The van der Waals surface area contributed by atoms with Crippen molar-refractivity contribution in [3.05, 3.63) is 29.8 Å². The number of nitrogens with zero attached hydrogens (tertiary/aromatic N) is 8. The van der Waals surface area contributed by atoms with Gasteiger partial charge in [0.05, 0.1) is 6.20 Å². The highest BCUT2D eigenvalue weighted by atomic mass is 16.6. The van der Waals surface area contributed by atoms with Crippen LogP contribution in [0.5, 0.6) is 0 Å². The highest BCUT2D eigenvalue weighted by molar-refractivity contribution is 5.46. The minimum Gasteiger partial charge on any atom is -0.355 e. The molecule has 0 aliphatic carbocycles. The second-order valence-electron chi connectivity index (χ2n) is 7.16. The number of aromatic nitrogens is 6. The number of anilines is 1. The Morgan fingerprint density at radius 3 is 2.65 bits per heavy atom. The zero-order valence-corrected chi connectivity index (χ0v) is 14.7. The van der Waals surface area contributed by atoms with Crippen molar-refractivity contribution in [1.82, 2.24) is 35.0 Å². The summed E-state index contributed by atoms with van der Waals surface area (Å²) in [5, 5.41) is 21.2. The van der Waals surface area contributed by atoms with E-state index in [1.54, 1.807) is 6.20 Å². The molecule has 0 N–H and O–H groups in total. The first kappa shape index (κ1) is 15.7. The lowest BCUT2D eigenvalue weighted by atomic mass is 9.96. The van der Waals surface area contributed by atoms with E-state index >= 15 is 0 Å². The average molecular weight is 354 g/mol. The van der Waals surface area contributed by atoms with Gasteiger partial charge in [-0.05, 0) is 50.9 Å². The summed E-state index contributed by atoms with van der Waals surface area (Å²) in [4.78, 5) is 4.72. The maximum atomic E-state index is 4.85. The molecule has 2 saturated heterocycles. The molecule has 0 amide bonds. The van der Waals surface area contributed by atoms with E-state index in [1.165, 1.54) is 12.8 Å². The van der Waals surface area contributed by atoms with E-state index in [4.69, 9.17) is 5.10 Å². The molecule has 136 valence electrons. The van der Waals surface area contributed by atoms with Gasteiger partial charge in [0.1, 0.15) is 11.5 Å². The van der Waals surface area contributed by atoms with Gasteiger partial charge in [-0.15, -0.1) is 15.3 Å². The molecule has 0 bridgehead atoms. The molecule has 0 radical (unpaired) electrons. The van der Waals surface area contributed by atoms with E-state index < -0.39 is 0 Å². The zero-order chi connectivity index (χ0) is 17.3. The van der Waals surface area contributed by atoms with Crippen LogP contribution in [-0.2, 0) is 6.54 Å². The molecule has 0 saturated carbocycles. The molecule has 26 heavy (non-hydrogen) atoms. The Balaban J connectivity index is 1.32. The second-order valence-corrected chi connectivity index (χ2v) is 7.16. The van der Waals surface area contributed by atoms with Crippen LogP contribution >= 0.6 is 0 Å². The fraction of sp³-hybridized carbons (Fsp3) is 0.588. The minimum atomic E-state index is 0.387. The lowest BCUT2D eigenvalue weighted by Crippen LogP contribution is -2.33. The minimum absolute atomic E-state index is 0.387. The molecule has 3 aromatic heterocycles. The summed E-state index contributed by atoms with van der Waals surface area (Å²) in [5.74, 6) is 2.41. The first-order valence-corrected chi connectivity index (χ1v) is 9.33. The quantitative estimate of drug-likeness (QED) is 0.696. The Kier molecular flexibility index (Phi) is 4.00. The Morgan fingerprint density at radius 1 is 1.04 bits per heavy atom. The van der Waals surface area contributed by atoms with E-state index in [-0.39, 0.29) is 0 Å². The number of hydrogen-bond donors (Lipinski definition) is 0. The highest BCUT2D eigenvalue weighted by Gasteiger charge is 2.26. The summed E-state index contributed by atoms with van der Waals surface area (Å²) >= 11 is 0. The number of fused-ring (bicyclic) bond motifs is 1. The summed E-state index contributed by atoms with van der Waals surface area (Å²) in [6.45, 7) is 4.96. The van der Waals surface area contributed by atoms with Crippen molar-refractivity contribution in [2.75, 3.05) is 31.1 Å². The predicted molar refractivity (Wildman–Crippen MR) is 93.8 cm³/mol. The summed E-state index contributed by atoms with van der Waals surface area (Å²) < 4.78 is 6.63. The van der Waals surface area contributed by atoms with Crippen molar-refractivity contribution in [2.24, 2.45) is 0 Å². The standard InChI is InChI=1S/C17H22N8O/c1-2-8-24(7-1)16-4-3-15-19-20-17(25(15)21-16)13-5-9-23(10-6-13)12-14-11-18-26-22-14/h3-4,11,13H,1-2,5-10,12H2. The van der Waals surface area contributed by atoms with Gasteiger partial charge < -0.3 is 4.90 Å². The van der Waals surface area contributed by atoms with Crippen LogP contribution in [0.3, 0.4) is 0 Å². The third-order valence-corrected chi connectivity index (χ3v) is 5.45. The van der Waals surface area contributed by atoms with E-state index in [1.807, 2.05) is 10.6 Å². The van der Waals surface area contributed by atoms with E-state index in [0.717, 1.165) is 68.5 Å². The topological polar surface area (TPSA) is 88.5 Å². The third-order valence-electron chi connectivity index (χ3n) is 5.45. The lowest BCUT2D eigenvalue weighted by molar-refractivity contribution is 0.194. The van der Waals surface area contributed by atoms with Gasteiger partial charge in [-0.3, -0.25) is 4.90 Å². The van der Waals surface area contributed by atoms with Crippen LogP contribution in [0.15, 0.2) is 23.0 Å². The molecular weight excluding hydrogens is 332 g/mol. The highest BCUT2D eigenvalue weighted by Crippen LogP contribution is 2.28. The van der Waals surface area contributed by atoms with Gasteiger partial charge in [0.15, 0.2) is 11.5 Å². The fourth-order valence-electron chi connectivity index (χ4n) is 4.00. The van der Waals surface area contributed by atoms with E-state index in [9.17, 15) is 0 Å². The van der Waals surface area contributed by atoms with Crippen molar-refractivity contribution in [3.8, 4) is 0 Å². The predicted octanol–water partition coefficient (Wildman–Crippen LogP) is 1.49. The summed E-state index contributed by atoms with van der Waals surface area (Å²) in [6.07, 6.45) is 6.26. The summed E-state index contributed by atoms with van der Waals surface area (Å²) in [6, 6.07) is 4.09. The van der Waals surface area contributed by atoms with Gasteiger partial charge in [0.2, 0.25) is 0 Å². The molecule has 0 aromatic carbocycles. The number of piperidine rings is 1. The Hall–Kier alpha value is -2.55. The van der Waals surface area contributed by atoms with Crippen LogP contribution in [0.25, 0.3) is 5.65 Å². The summed E-state index contributed by atoms with van der Waals surface area (Å²) in [7, 11) is 0. The van der Waals surface area contributed by atoms with Crippen molar-refractivity contribution in [1.29, 1.82) is 0 Å². The Bertz CT molecular complexity index is 862. The van der Waals surface area contributed by atoms with Gasteiger partial charge in [0, 0.05) is 25.6 Å². The van der Waals surface area contributed by atoms with Gasteiger partial charge in [-0.1, -0.05) is 10.3 Å². The lowest BCUT2D eigenvalue weighted by Gasteiger charge is -2.30. The van der Waals surface area contributed by atoms with Gasteiger partial charge >= 0.3 is 0 Å². The van der Waals surface area contributed by atoms with Crippen LogP contribution in [0.1, 0.15) is 43.1 Å². The van der Waals surface area contributed by atoms with E-state index in [2.05, 4.69) is 41.0 Å². The van der Waals surface area contributed by atoms with Crippen LogP contribution < -0.4 is 4.90 Å². The van der Waals surface area contributed by atoms with Crippen LogP contribution in [0, 0.1) is 0 Å². The van der Waals surface area contributed by atoms with Gasteiger partial charge in [-0.25, -0.2) is 4.63 Å². The fourth-order valence-corrected chi connectivity index (χ4v) is 4.00. The zero-order valence-electron chi connectivity index (χ0n) is 14.7. The molecule has 2 fully saturated rings. The molecule has 5 heterocycles. The average Bonchev–Trinajstić information content (AvgIpc) is 3.43. The normalized spacial score (nSPS) is 19.6. The van der Waals surface area contributed by atoms with Gasteiger partial charge in [0.25, 0.3) is 0 Å². The Labute approximate surface area is 150 Å². The molecule has 2 aliphatic heterocycles. The van der Waals surface area contributed by atoms with Crippen LogP contribution in [0.2, 0.25) is 0 Å². The van der Waals surface area contributed by atoms with Crippen molar-refractivity contribution < 1.29 is 4.63 Å². The van der Waals surface area contributed by atoms with Crippen LogP contribution in [-0.4, -0.2) is 61.2 Å². The molecule has 2 aliphatic rings. The smallest absolute Gasteiger partial charge is 0.178 e. The maximum absolute atomic E-state index is 4.85. The Morgan fingerprint density at radius 2 is 1.88 bits per heavy atom. The summed E-state index contributed by atoms with van der Waals surface area (Å²) in [5.41, 5.74) is 1.72. The molecule has 5 rings (SSSR count). The number of rotatable bonds is 4. The second kappa shape index (κ2) is 6.64. The first-order valence-electron chi connectivity index (χ1n) is 9.33. The van der Waals surface area contributed by atoms with Crippen LogP contribution in [0.4, 0.5) is 5.82 Å². The molecule has 9 heteroatoms. The molecule has 9 nitrogen and oxygen atoms in total. The van der Waals surface area contributed by atoms with Crippen molar-refractivity contribution in [2.45, 2.75) is 38.1 Å². The SMILES string of the molecule is c1nonc1CN1CCC(c2nnc3ccc(N4CCCC4)nn23)CC1. The first-order chi connectivity index (χ1) is 12.9. The van der Waals surface area contributed by atoms with Gasteiger partial charge in [-0.2, -0.15) is 4.52 Å². The molecule has 0 atom stereocenters. The molecule has 0 spiro atoms. The monoisotopic (exact) mass is 354 g/mol. The van der Waals surface area contributed by atoms with Crippen molar-refractivity contribution >= 4 is 11.5 Å².